The van der Waals surface area contributed by atoms with Crippen molar-refractivity contribution in [1.29, 1.82) is 0 Å². The van der Waals surface area contributed by atoms with E-state index in [1.54, 1.807) is 0 Å². The maximum Gasteiger partial charge on any atom is 0.159 e. The normalized spacial score (nSPS) is 22.8. The second-order valence-corrected chi connectivity index (χ2v) is 14.4. The van der Waals surface area contributed by atoms with Gasteiger partial charge in [0.25, 0.3) is 0 Å². The molecule has 1 aromatic heterocycles. The number of fused-ring (bicyclic) bond motifs is 8. The Balaban J connectivity index is 1.49. The minimum atomic E-state index is -3.61. The second-order valence-electron chi connectivity index (χ2n) is 14.4. The van der Waals surface area contributed by atoms with Crippen molar-refractivity contribution in [3.05, 3.63) is 210 Å². The Kier molecular flexibility index (Phi) is 3.67. The van der Waals surface area contributed by atoms with E-state index in [0.717, 1.165) is 26.8 Å². The van der Waals surface area contributed by atoms with E-state index in [9.17, 15) is 26.0 Å². The lowest BCUT2D eigenvalue weighted by molar-refractivity contribution is 0.413. The van der Waals surface area contributed by atoms with Crippen LogP contribution in [0.3, 0.4) is 0 Å². The van der Waals surface area contributed by atoms with Gasteiger partial charge in [0, 0.05) is 38.4 Å². The van der Waals surface area contributed by atoms with E-state index in [4.69, 9.17) is 25.0 Å². The standard InChI is InChI=1S/C59H47NO/c1-37(2)59(5)53-29-17-16-26-47(53)48-31-32-54(39(4)56(48)59)60(44-34-42(40-20-8-6-9-21-40)33-43(35-44)45-24-13-12-19-38(45)3)55-30-18-28-50-52-36-51(41-22-10-7-11-23-41)46-25-14-15-27-49(46)57(52)61-58(50)55/h6-37H,1-5H3/i5D3,6D,7D,8D,9D,10D,11D,12D,13D,14D,15D,16D,17D,18D,19D,20D,21D,22D,23D,24D,25D,26D,27D,28D,29D,30D,31D,32D,33D,34D,36D,37D. The number of anilines is 3. The molecule has 0 saturated carbocycles. The van der Waals surface area contributed by atoms with Gasteiger partial charge in [0.05, 0.1) is 46.8 Å². The minimum Gasteiger partial charge on any atom is -0.453 e. The first kappa shape index (κ1) is 15.7. The summed E-state index contributed by atoms with van der Waals surface area (Å²) >= 11 is 0. The summed E-state index contributed by atoms with van der Waals surface area (Å²) in [6.07, 6.45) is 0. The molecule has 9 aromatic carbocycles. The first-order valence-corrected chi connectivity index (χ1v) is 18.7. The Morgan fingerprint density at radius 1 is 0.525 bits per heavy atom. The monoisotopic (exact) mass is 820 g/mol. The van der Waals surface area contributed by atoms with Crippen LogP contribution in [0.5, 0.6) is 0 Å². The molecule has 1 aliphatic carbocycles. The molecule has 0 aliphatic heterocycles. The van der Waals surface area contributed by atoms with Crippen LogP contribution < -0.4 is 4.90 Å². The van der Waals surface area contributed by atoms with Gasteiger partial charge in [-0.25, -0.2) is 0 Å². The number of nitrogens with zero attached hydrogens (tertiary/aromatic N) is 1. The molecule has 0 bridgehead atoms. The maximum absolute atomic E-state index is 10.5. The highest BCUT2D eigenvalue weighted by Crippen LogP contribution is 2.56. The summed E-state index contributed by atoms with van der Waals surface area (Å²) < 4.78 is 322. The number of hydrogen-bond donors (Lipinski definition) is 0. The third kappa shape index (κ3) is 5.70. The Morgan fingerprint density at radius 2 is 1.18 bits per heavy atom. The van der Waals surface area contributed by atoms with Gasteiger partial charge in [-0.05, 0) is 128 Å². The van der Waals surface area contributed by atoms with Crippen molar-refractivity contribution in [2.45, 2.75) is 40.0 Å². The highest BCUT2D eigenvalue weighted by atomic mass is 16.3. The third-order valence-electron chi connectivity index (χ3n) is 10.8. The predicted molar refractivity (Wildman–Crippen MR) is 258 cm³/mol. The molecule has 1 aliphatic rings. The number of benzene rings is 9. The van der Waals surface area contributed by atoms with Gasteiger partial charge in [0.2, 0.25) is 0 Å². The van der Waals surface area contributed by atoms with E-state index < -0.39 is 310 Å². The Morgan fingerprint density at radius 3 is 1.95 bits per heavy atom. The minimum absolute atomic E-state index is 0.310. The molecule has 0 radical (unpaired) electrons. The summed E-state index contributed by atoms with van der Waals surface area (Å²) in [4.78, 5) is 0.655. The van der Waals surface area contributed by atoms with E-state index in [-0.39, 0.29) is 5.56 Å². The van der Waals surface area contributed by atoms with Gasteiger partial charge < -0.3 is 9.32 Å². The zero-order valence-corrected chi connectivity index (χ0v) is 32.4. The molecule has 2 nitrogen and oxygen atoms in total. The van der Waals surface area contributed by atoms with E-state index in [1.165, 1.54) is 6.92 Å². The highest BCUT2D eigenvalue weighted by molar-refractivity contribution is 6.21. The van der Waals surface area contributed by atoms with Crippen LogP contribution in [-0.2, 0) is 5.41 Å². The molecule has 294 valence electrons. The van der Waals surface area contributed by atoms with Crippen molar-refractivity contribution in [2.75, 3.05) is 4.90 Å². The lowest BCUT2D eigenvalue weighted by Crippen LogP contribution is -2.29. The van der Waals surface area contributed by atoms with Gasteiger partial charge in [-0.15, -0.1) is 0 Å². The summed E-state index contributed by atoms with van der Waals surface area (Å²) in [7, 11) is 0. The summed E-state index contributed by atoms with van der Waals surface area (Å²) in [6, 6.07) is -28.7. The molecule has 11 rings (SSSR count). The van der Waals surface area contributed by atoms with E-state index in [1.807, 2.05) is 0 Å². The van der Waals surface area contributed by atoms with Crippen LogP contribution in [0.2, 0.25) is 0 Å². The van der Waals surface area contributed by atoms with Crippen LogP contribution in [0.25, 0.3) is 77.2 Å². The van der Waals surface area contributed by atoms with Crippen molar-refractivity contribution in [3.8, 4) is 44.5 Å². The van der Waals surface area contributed by atoms with Crippen LogP contribution in [-0.4, -0.2) is 0 Å². The number of para-hydroxylation sites is 1. The van der Waals surface area contributed by atoms with Crippen molar-refractivity contribution in [1.82, 2.24) is 0 Å². The van der Waals surface area contributed by atoms with Crippen LogP contribution in [0.1, 0.15) is 89.6 Å². The third-order valence-corrected chi connectivity index (χ3v) is 10.8. The number of hydrogen-bond acceptors (Lipinski definition) is 2. The summed E-state index contributed by atoms with van der Waals surface area (Å²) in [5, 5.41) is -2.88. The van der Waals surface area contributed by atoms with Gasteiger partial charge in [0.1, 0.15) is 5.58 Å². The fourth-order valence-corrected chi connectivity index (χ4v) is 7.92. The zero-order valence-electron chi connectivity index (χ0n) is 66.4. The van der Waals surface area contributed by atoms with Crippen LogP contribution in [0, 0.1) is 19.7 Å². The van der Waals surface area contributed by atoms with E-state index >= 15 is 0 Å². The molecule has 1 unspecified atom stereocenters. The fraction of sp³-hybridized carbons (Fsp3) is 0.119. The molecule has 1 atom stereocenters. The van der Waals surface area contributed by atoms with Crippen LogP contribution >= 0.6 is 0 Å². The highest BCUT2D eigenvalue weighted by Gasteiger charge is 2.43. The second kappa shape index (κ2) is 14.2. The molecule has 0 N–H and O–H groups in total. The van der Waals surface area contributed by atoms with E-state index in [2.05, 4.69) is 0 Å². The van der Waals surface area contributed by atoms with Crippen molar-refractivity contribution in [2.24, 2.45) is 5.89 Å². The van der Waals surface area contributed by atoms with Crippen LogP contribution in [0.4, 0.5) is 17.1 Å². The smallest absolute Gasteiger partial charge is 0.159 e. The van der Waals surface area contributed by atoms with Gasteiger partial charge in [-0.2, -0.15) is 0 Å². The largest absolute Gasteiger partial charge is 0.453 e. The predicted octanol–water partition coefficient (Wildman–Crippen LogP) is 16.8. The first-order chi connectivity index (χ1) is 43.9. The molecule has 61 heavy (non-hydrogen) atoms. The van der Waals surface area contributed by atoms with Gasteiger partial charge in [-0.3, -0.25) is 0 Å². The SMILES string of the molecule is [2H]c1c([2H])c([2H])c(-c2c([2H])c(-c3c([2H])c([2H])c([2H])c([2H])c3C)cc(N(c3c([2H])c([2H])c4c(c3C)C(C([2H])([2H])[2H])(C([2H])(C)C)c3c([2H])c([2H])c([2H])c([2H])c3-4)c3c([2H])c([2H])c([2H])c4c3oc3c5c([2H])c([2H])c([2H])c([2H])c5c(-c5c([2H])c([2H])c([2H])c([2H])c5[2H])c([2H])c34)c2[2H])c([2H])c1[2H]. The van der Waals surface area contributed by atoms with E-state index in [0.29, 0.717) is 4.90 Å². The summed E-state index contributed by atoms with van der Waals surface area (Å²) in [6.45, 7) is 0.906. The van der Waals surface area contributed by atoms with Gasteiger partial charge >= 0.3 is 0 Å². The number of furan rings is 1. The van der Waals surface area contributed by atoms with Crippen molar-refractivity contribution < 1.29 is 51.0 Å². The zero-order chi connectivity index (χ0) is 70.9. The fourth-order valence-electron chi connectivity index (χ4n) is 7.92. The number of rotatable bonds is 7. The molecule has 1 heterocycles. The molecular formula is C59H47NO. The maximum atomic E-state index is 10.5. The molecule has 0 saturated heterocycles. The van der Waals surface area contributed by atoms with Crippen LogP contribution in [0.15, 0.2) is 192 Å². The molecule has 0 spiro atoms. The lowest BCUT2D eigenvalue weighted by Gasteiger charge is -2.35. The topological polar surface area (TPSA) is 16.4 Å². The Hall–Kier alpha value is -7.16. The Bertz CT molecular complexity index is 5150. The van der Waals surface area contributed by atoms with Crippen molar-refractivity contribution >= 4 is 49.8 Å². The molecular weight excluding hydrogens is 739 g/mol. The Labute approximate surface area is 406 Å². The quantitative estimate of drug-likeness (QED) is 0.159. The summed E-state index contributed by atoms with van der Waals surface area (Å²) in [5.41, 5.74) is -15.7. The lowest BCUT2D eigenvalue weighted by atomic mass is 9.70. The molecule has 0 amide bonds. The average molecular weight is 820 g/mol. The summed E-state index contributed by atoms with van der Waals surface area (Å²) in [5.74, 6) is -2.49. The molecule has 10 aromatic rings. The van der Waals surface area contributed by atoms with Gasteiger partial charge in [-0.1, -0.05) is 172 Å². The van der Waals surface area contributed by atoms with Gasteiger partial charge in [0.15, 0.2) is 5.58 Å². The average Bonchev–Trinajstić information content (AvgIpc) is 1.52. The first-order valence-electron chi connectivity index (χ1n) is 35.7. The molecule has 0 fully saturated rings. The van der Waals surface area contributed by atoms with Crippen molar-refractivity contribution in [3.63, 3.8) is 0 Å². The molecule has 2 heteroatoms.